The third-order valence-corrected chi connectivity index (χ3v) is 5.55. The second-order valence-corrected chi connectivity index (χ2v) is 7.11. The molecule has 3 rings (SSSR count). The van der Waals surface area contributed by atoms with E-state index in [9.17, 15) is 9.59 Å². The van der Waals surface area contributed by atoms with Crippen LogP contribution >= 0.6 is 11.3 Å². The molecule has 1 N–H and O–H groups in total. The largest absolute Gasteiger partial charge is 0.497 e. The molecule has 2 aromatic rings. The highest BCUT2D eigenvalue weighted by molar-refractivity contribution is 7.17. The van der Waals surface area contributed by atoms with E-state index in [4.69, 9.17) is 9.47 Å². The molecule has 1 aliphatic carbocycles. The molecule has 6 heteroatoms. The Kier molecular flexibility index (Phi) is 5.73. The van der Waals surface area contributed by atoms with Crippen molar-refractivity contribution in [3.8, 4) is 5.75 Å². The van der Waals surface area contributed by atoms with Crippen molar-refractivity contribution in [2.75, 3.05) is 19.5 Å². The Balaban J connectivity index is 1.77. The van der Waals surface area contributed by atoms with Crippen LogP contribution in [0.5, 0.6) is 5.75 Å². The van der Waals surface area contributed by atoms with Gasteiger partial charge < -0.3 is 14.8 Å². The van der Waals surface area contributed by atoms with Gasteiger partial charge in [-0.05, 0) is 55.0 Å². The van der Waals surface area contributed by atoms with Gasteiger partial charge in [0, 0.05) is 11.0 Å². The third kappa shape index (κ3) is 3.96. The number of ether oxygens (including phenoxy) is 2. The summed E-state index contributed by atoms with van der Waals surface area (Å²) >= 11 is 1.48. The molecule has 26 heavy (non-hydrogen) atoms. The number of fused-ring (bicyclic) bond motifs is 1. The fourth-order valence-corrected chi connectivity index (χ4v) is 4.29. The lowest BCUT2D eigenvalue weighted by Gasteiger charge is -2.11. The fraction of sp³-hybridized carbons (Fsp3) is 0.300. The first-order valence-electron chi connectivity index (χ1n) is 8.48. The van der Waals surface area contributed by atoms with Crippen LogP contribution in [-0.2, 0) is 22.4 Å². The SMILES string of the molecule is COC(=O)c1c(NC(=O)/C=C/c2ccc(OC)cc2)sc2c1CCCC2. The van der Waals surface area contributed by atoms with Crippen LogP contribution in [0.3, 0.4) is 0 Å². The molecule has 0 aliphatic heterocycles. The van der Waals surface area contributed by atoms with E-state index in [0.29, 0.717) is 10.6 Å². The summed E-state index contributed by atoms with van der Waals surface area (Å²) in [5, 5.41) is 3.42. The van der Waals surface area contributed by atoms with E-state index in [1.165, 1.54) is 29.4 Å². The molecule has 0 bridgehead atoms. The minimum Gasteiger partial charge on any atom is -0.497 e. The zero-order valence-corrected chi connectivity index (χ0v) is 15.7. The van der Waals surface area contributed by atoms with E-state index >= 15 is 0 Å². The van der Waals surface area contributed by atoms with Crippen LogP contribution in [0.25, 0.3) is 6.08 Å². The second-order valence-electron chi connectivity index (χ2n) is 6.00. The van der Waals surface area contributed by atoms with Crippen LogP contribution in [0.2, 0.25) is 0 Å². The Morgan fingerprint density at radius 1 is 1.12 bits per heavy atom. The number of thiophene rings is 1. The first-order chi connectivity index (χ1) is 12.6. The Morgan fingerprint density at radius 3 is 2.54 bits per heavy atom. The van der Waals surface area contributed by atoms with Crippen molar-refractivity contribution in [3.63, 3.8) is 0 Å². The number of carbonyl (C=O) groups excluding carboxylic acids is 2. The average Bonchev–Trinajstić information content (AvgIpc) is 3.03. The van der Waals surface area contributed by atoms with Crippen molar-refractivity contribution in [3.05, 3.63) is 51.9 Å². The van der Waals surface area contributed by atoms with Crippen molar-refractivity contribution >= 4 is 34.3 Å². The number of rotatable bonds is 5. The van der Waals surface area contributed by atoms with Gasteiger partial charge >= 0.3 is 5.97 Å². The smallest absolute Gasteiger partial charge is 0.341 e. The lowest BCUT2D eigenvalue weighted by Crippen LogP contribution is -2.13. The van der Waals surface area contributed by atoms with E-state index in [2.05, 4.69) is 5.32 Å². The molecule has 0 unspecified atom stereocenters. The maximum absolute atomic E-state index is 12.3. The first-order valence-corrected chi connectivity index (χ1v) is 9.30. The lowest BCUT2D eigenvalue weighted by atomic mass is 9.95. The van der Waals surface area contributed by atoms with Gasteiger partial charge in [0.25, 0.3) is 0 Å². The highest BCUT2D eigenvalue weighted by Gasteiger charge is 2.26. The van der Waals surface area contributed by atoms with Crippen molar-refractivity contribution in [1.82, 2.24) is 0 Å². The molecule has 0 atom stereocenters. The fourth-order valence-electron chi connectivity index (χ4n) is 3.01. The molecule has 0 radical (unpaired) electrons. The molecule has 0 saturated carbocycles. The summed E-state index contributed by atoms with van der Waals surface area (Å²) in [6, 6.07) is 7.40. The summed E-state index contributed by atoms with van der Waals surface area (Å²) in [6.07, 6.45) is 7.15. The number of methoxy groups -OCH3 is 2. The predicted octanol–water partition coefficient (Wildman–Crippen LogP) is 4.07. The molecule has 0 fully saturated rings. The number of benzene rings is 1. The van der Waals surface area contributed by atoms with Crippen molar-refractivity contribution < 1.29 is 19.1 Å². The van der Waals surface area contributed by atoms with E-state index < -0.39 is 0 Å². The monoisotopic (exact) mass is 371 g/mol. The summed E-state index contributed by atoms with van der Waals surface area (Å²) in [7, 11) is 2.97. The van der Waals surface area contributed by atoms with Crippen molar-refractivity contribution in [2.45, 2.75) is 25.7 Å². The Bertz CT molecular complexity index is 836. The van der Waals surface area contributed by atoms with E-state index in [0.717, 1.165) is 42.6 Å². The first kappa shape index (κ1) is 18.2. The minimum atomic E-state index is -0.390. The Hall–Kier alpha value is -2.60. The molecule has 1 amide bonds. The third-order valence-electron chi connectivity index (χ3n) is 4.34. The van der Waals surface area contributed by atoms with Gasteiger partial charge in [-0.25, -0.2) is 4.79 Å². The number of hydrogen-bond acceptors (Lipinski definition) is 5. The second kappa shape index (κ2) is 8.19. The number of amides is 1. The highest BCUT2D eigenvalue weighted by atomic mass is 32.1. The number of hydrogen-bond donors (Lipinski definition) is 1. The number of aryl methyl sites for hydroxylation is 1. The lowest BCUT2D eigenvalue weighted by molar-refractivity contribution is -0.111. The molecular formula is C20H21NO4S. The van der Waals surface area contributed by atoms with Gasteiger partial charge in [-0.2, -0.15) is 0 Å². The van der Waals surface area contributed by atoms with E-state index in [-0.39, 0.29) is 11.9 Å². The summed E-state index contributed by atoms with van der Waals surface area (Å²) in [6.45, 7) is 0. The van der Waals surface area contributed by atoms with Crippen molar-refractivity contribution in [2.24, 2.45) is 0 Å². The maximum atomic E-state index is 12.3. The van der Waals surface area contributed by atoms with Crippen LogP contribution in [0.4, 0.5) is 5.00 Å². The summed E-state index contributed by atoms with van der Waals surface area (Å²) in [5.41, 5.74) is 2.43. The van der Waals surface area contributed by atoms with E-state index in [1.54, 1.807) is 13.2 Å². The zero-order chi connectivity index (χ0) is 18.5. The normalized spacial score (nSPS) is 13.3. The number of carbonyl (C=O) groups is 2. The molecule has 1 aromatic carbocycles. The van der Waals surface area contributed by atoms with Gasteiger partial charge in [0.1, 0.15) is 10.8 Å². The topological polar surface area (TPSA) is 64.6 Å². The standard InChI is InChI=1S/C20H21NO4S/c1-24-14-10-7-13(8-11-14)9-12-17(22)21-19-18(20(23)25-2)15-5-3-4-6-16(15)26-19/h7-12H,3-6H2,1-2H3,(H,21,22)/b12-9+. The van der Waals surface area contributed by atoms with Crippen LogP contribution in [0, 0.1) is 0 Å². The molecule has 136 valence electrons. The van der Waals surface area contributed by atoms with Gasteiger partial charge in [0.05, 0.1) is 19.8 Å². The Labute approximate surface area is 156 Å². The maximum Gasteiger partial charge on any atom is 0.341 e. The van der Waals surface area contributed by atoms with Gasteiger partial charge in [-0.15, -0.1) is 11.3 Å². The summed E-state index contributed by atoms with van der Waals surface area (Å²) in [4.78, 5) is 25.7. The molecule has 0 spiro atoms. The minimum absolute atomic E-state index is 0.274. The average molecular weight is 371 g/mol. The molecule has 1 heterocycles. The molecular weight excluding hydrogens is 350 g/mol. The zero-order valence-electron chi connectivity index (χ0n) is 14.8. The van der Waals surface area contributed by atoms with Crippen LogP contribution in [-0.4, -0.2) is 26.1 Å². The molecule has 5 nitrogen and oxygen atoms in total. The van der Waals surface area contributed by atoms with Crippen LogP contribution in [0.1, 0.15) is 39.2 Å². The van der Waals surface area contributed by atoms with Crippen LogP contribution in [0.15, 0.2) is 30.3 Å². The van der Waals surface area contributed by atoms with Gasteiger partial charge in [-0.3, -0.25) is 4.79 Å². The molecule has 0 saturated heterocycles. The van der Waals surface area contributed by atoms with Crippen LogP contribution < -0.4 is 10.1 Å². The summed E-state index contributed by atoms with van der Waals surface area (Å²) < 4.78 is 10.0. The predicted molar refractivity (Wildman–Crippen MR) is 103 cm³/mol. The van der Waals surface area contributed by atoms with E-state index in [1.807, 2.05) is 24.3 Å². The highest BCUT2D eigenvalue weighted by Crippen LogP contribution is 2.38. The van der Waals surface area contributed by atoms with Crippen molar-refractivity contribution in [1.29, 1.82) is 0 Å². The number of nitrogens with one attached hydrogen (secondary N) is 1. The molecule has 1 aliphatic rings. The number of anilines is 1. The quantitative estimate of drug-likeness (QED) is 0.635. The summed E-state index contributed by atoms with van der Waals surface area (Å²) in [5.74, 6) is 0.0990. The Morgan fingerprint density at radius 2 is 1.85 bits per heavy atom. The van der Waals surface area contributed by atoms with Gasteiger partial charge in [0.2, 0.25) is 5.91 Å². The van der Waals surface area contributed by atoms with Gasteiger partial charge in [0.15, 0.2) is 0 Å². The number of esters is 1. The van der Waals surface area contributed by atoms with Gasteiger partial charge in [-0.1, -0.05) is 12.1 Å². The molecule has 1 aromatic heterocycles.